The van der Waals surface area contributed by atoms with Crippen LogP contribution in [0.3, 0.4) is 0 Å². The summed E-state index contributed by atoms with van der Waals surface area (Å²) in [5, 5.41) is 0.576. The van der Waals surface area contributed by atoms with Crippen molar-refractivity contribution in [3.63, 3.8) is 0 Å². The molecule has 1 aromatic carbocycles. The largest absolute Gasteiger partial charge is 0.341 e. The first-order valence-electron chi connectivity index (χ1n) is 6.36. The van der Waals surface area contributed by atoms with Crippen molar-refractivity contribution in [2.24, 2.45) is 5.92 Å². The van der Waals surface area contributed by atoms with Crippen LogP contribution in [-0.4, -0.2) is 49.4 Å². The average molecular weight is 346 g/mol. The van der Waals surface area contributed by atoms with Crippen LogP contribution < -0.4 is 0 Å². The molecule has 1 atom stereocenters. The quantitative estimate of drug-likeness (QED) is 0.840. The highest BCUT2D eigenvalue weighted by Gasteiger charge is 2.23. The Labute approximate surface area is 127 Å². The van der Waals surface area contributed by atoms with Gasteiger partial charge in [0.25, 0.3) is 5.91 Å². The van der Waals surface area contributed by atoms with Crippen LogP contribution in [0.2, 0.25) is 5.02 Å². The Morgan fingerprint density at radius 1 is 1.53 bits per heavy atom. The van der Waals surface area contributed by atoms with Gasteiger partial charge in [0.1, 0.15) is 0 Å². The van der Waals surface area contributed by atoms with Crippen molar-refractivity contribution < 1.29 is 4.79 Å². The Morgan fingerprint density at radius 3 is 2.84 bits per heavy atom. The maximum atomic E-state index is 12.4. The number of carbonyl (C=O) groups is 1. The molecule has 0 aliphatic carbocycles. The molecule has 104 valence electrons. The summed E-state index contributed by atoms with van der Waals surface area (Å²) < 4.78 is 0.831. The summed E-state index contributed by atoms with van der Waals surface area (Å²) in [5.41, 5.74) is 0.633. The molecule has 19 heavy (non-hydrogen) atoms. The Kier molecular flexibility index (Phi) is 4.87. The van der Waals surface area contributed by atoms with Crippen molar-refractivity contribution in [2.75, 3.05) is 33.7 Å². The van der Waals surface area contributed by atoms with E-state index in [2.05, 4.69) is 27.9 Å². The highest BCUT2D eigenvalue weighted by atomic mass is 79.9. The van der Waals surface area contributed by atoms with Crippen molar-refractivity contribution in [3.8, 4) is 0 Å². The lowest BCUT2D eigenvalue weighted by molar-refractivity contribution is 0.0774. The van der Waals surface area contributed by atoms with Gasteiger partial charge < -0.3 is 9.80 Å². The third-order valence-electron chi connectivity index (χ3n) is 3.48. The standard InChI is InChI=1S/C14H18BrClN2O/c1-17-4-3-10(8-17)9-18(2)14(19)11-5-12(15)7-13(16)6-11/h5-7,10H,3-4,8-9H2,1-2H3. The van der Waals surface area contributed by atoms with Gasteiger partial charge in [0, 0.05) is 35.2 Å². The smallest absolute Gasteiger partial charge is 0.253 e. The van der Waals surface area contributed by atoms with Crippen LogP contribution in [0.15, 0.2) is 22.7 Å². The number of likely N-dealkylation sites (tertiary alicyclic amines) is 1. The topological polar surface area (TPSA) is 23.6 Å². The van der Waals surface area contributed by atoms with E-state index in [0.29, 0.717) is 16.5 Å². The first-order chi connectivity index (χ1) is 8.95. The summed E-state index contributed by atoms with van der Waals surface area (Å²) in [6.07, 6.45) is 1.16. The molecule has 0 radical (unpaired) electrons. The molecule has 1 amide bonds. The van der Waals surface area contributed by atoms with Crippen LogP contribution in [0.5, 0.6) is 0 Å². The highest BCUT2D eigenvalue weighted by molar-refractivity contribution is 9.10. The minimum Gasteiger partial charge on any atom is -0.341 e. The fourth-order valence-corrected chi connectivity index (χ4v) is 3.40. The SMILES string of the molecule is CN1CCC(CN(C)C(=O)c2cc(Cl)cc(Br)c2)C1. The maximum Gasteiger partial charge on any atom is 0.253 e. The predicted octanol–water partition coefficient (Wildman–Crippen LogP) is 3.13. The number of carbonyl (C=O) groups excluding carboxylic acids is 1. The summed E-state index contributed by atoms with van der Waals surface area (Å²) >= 11 is 9.35. The lowest BCUT2D eigenvalue weighted by Crippen LogP contribution is -2.32. The normalized spacial score (nSPS) is 19.7. The molecule has 1 unspecified atom stereocenters. The Morgan fingerprint density at radius 2 is 2.26 bits per heavy atom. The number of amides is 1. The molecule has 5 heteroatoms. The molecule has 1 aromatic rings. The molecule has 1 saturated heterocycles. The summed E-state index contributed by atoms with van der Waals surface area (Å²) in [5.74, 6) is 0.597. The fraction of sp³-hybridized carbons (Fsp3) is 0.500. The van der Waals surface area contributed by atoms with E-state index in [4.69, 9.17) is 11.6 Å². The molecule has 1 aliphatic rings. The lowest BCUT2D eigenvalue weighted by Gasteiger charge is -2.21. The zero-order valence-corrected chi connectivity index (χ0v) is 13.5. The number of rotatable bonds is 3. The van der Waals surface area contributed by atoms with Gasteiger partial charge in [-0.15, -0.1) is 0 Å². The first-order valence-corrected chi connectivity index (χ1v) is 7.53. The van der Waals surface area contributed by atoms with E-state index in [9.17, 15) is 4.79 Å². The fourth-order valence-electron chi connectivity index (χ4n) is 2.54. The summed E-state index contributed by atoms with van der Waals surface area (Å²) in [6, 6.07) is 5.31. The molecule has 1 fully saturated rings. The van der Waals surface area contributed by atoms with Gasteiger partial charge in [0.15, 0.2) is 0 Å². The van der Waals surface area contributed by atoms with Crippen LogP contribution in [0.25, 0.3) is 0 Å². The predicted molar refractivity (Wildman–Crippen MR) is 81.7 cm³/mol. The van der Waals surface area contributed by atoms with Crippen LogP contribution in [0.1, 0.15) is 16.8 Å². The highest BCUT2D eigenvalue weighted by Crippen LogP contribution is 2.21. The Balaban J connectivity index is 2.02. The molecule has 0 saturated carbocycles. The molecule has 0 bridgehead atoms. The molecular weight excluding hydrogens is 328 g/mol. The zero-order valence-electron chi connectivity index (χ0n) is 11.2. The monoisotopic (exact) mass is 344 g/mol. The van der Waals surface area contributed by atoms with E-state index in [1.54, 1.807) is 17.0 Å². The van der Waals surface area contributed by atoms with Crippen molar-refractivity contribution >= 4 is 33.4 Å². The van der Waals surface area contributed by atoms with Gasteiger partial charge in [-0.1, -0.05) is 27.5 Å². The molecule has 0 aromatic heterocycles. The minimum absolute atomic E-state index is 0.0257. The Hall–Kier alpha value is -0.580. The molecule has 3 nitrogen and oxygen atoms in total. The van der Waals surface area contributed by atoms with Crippen molar-refractivity contribution in [1.29, 1.82) is 0 Å². The van der Waals surface area contributed by atoms with Crippen molar-refractivity contribution in [3.05, 3.63) is 33.3 Å². The van der Waals surface area contributed by atoms with Gasteiger partial charge in [-0.3, -0.25) is 4.79 Å². The molecule has 0 N–H and O–H groups in total. The van der Waals surface area contributed by atoms with Gasteiger partial charge in [-0.2, -0.15) is 0 Å². The van der Waals surface area contributed by atoms with Gasteiger partial charge in [-0.25, -0.2) is 0 Å². The summed E-state index contributed by atoms with van der Waals surface area (Å²) in [6.45, 7) is 2.99. The van der Waals surface area contributed by atoms with E-state index in [0.717, 1.165) is 30.5 Å². The molecule has 2 rings (SSSR count). The second-order valence-electron chi connectivity index (χ2n) is 5.26. The van der Waals surface area contributed by atoms with Gasteiger partial charge in [-0.05, 0) is 44.1 Å². The number of hydrogen-bond acceptors (Lipinski definition) is 2. The molecule has 1 heterocycles. The van der Waals surface area contributed by atoms with E-state index in [-0.39, 0.29) is 5.91 Å². The van der Waals surface area contributed by atoms with Gasteiger partial charge >= 0.3 is 0 Å². The number of nitrogens with zero attached hydrogens (tertiary/aromatic N) is 2. The van der Waals surface area contributed by atoms with Crippen molar-refractivity contribution in [2.45, 2.75) is 6.42 Å². The number of benzene rings is 1. The maximum absolute atomic E-state index is 12.4. The van der Waals surface area contributed by atoms with E-state index < -0.39 is 0 Å². The zero-order chi connectivity index (χ0) is 14.0. The van der Waals surface area contributed by atoms with Crippen LogP contribution in [0.4, 0.5) is 0 Å². The average Bonchev–Trinajstić information content (AvgIpc) is 2.72. The van der Waals surface area contributed by atoms with Crippen molar-refractivity contribution in [1.82, 2.24) is 9.80 Å². The summed E-state index contributed by atoms with van der Waals surface area (Å²) in [4.78, 5) is 16.4. The van der Waals surface area contributed by atoms with E-state index in [1.165, 1.54) is 0 Å². The molecular formula is C14H18BrClN2O. The Bertz CT molecular complexity index is 460. The van der Waals surface area contributed by atoms with Crippen LogP contribution >= 0.6 is 27.5 Å². The second-order valence-corrected chi connectivity index (χ2v) is 6.61. The molecule has 0 spiro atoms. The summed E-state index contributed by atoms with van der Waals surface area (Å²) in [7, 11) is 3.98. The third kappa shape index (κ3) is 3.94. The second kappa shape index (κ2) is 6.25. The van der Waals surface area contributed by atoms with Crippen LogP contribution in [0, 0.1) is 5.92 Å². The first kappa shape index (κ1) is 14.8. The van der Waals surface area contributed by atoms with Gasteiger partial charge in [0.05, 0.1) is 0 Å². The number of hydrogen-bond donors (Lipinski definition) is 0. The number of halogens is 2. The third-order valence-corrected chi connectivity index (χ3v) is 4.15. The molecule has 1 aliphatic heterocycles. The van der Waals surface area contributed by atoms with E-state index in [1.807, 2.05) is 13.1 Å². The van der Waals surface area contributed by atoms with Crippen LogP contribution in [-0.2, 0) is 0 Å². The van der Waals surface area contributed by atoms with Gasteiger partial charge in [0.2, 0.25) is 0 Å². The minimum atomic E-state index is 0.0257. The van der Waals surface area contributed by atoms with E-state index >= 15 is 0 Å². The lowest BCUT2D eigenvalue weighted by atomic mass is 10.1.